The Bertz CT molecular complexity index is 933. The van der Waals surface area contributed by atoms with E-state index in [0.29, 0.717) is 23.5 Å². The summed E-state index contributed by atoms with van der Waals surface area (Å²) in [6, 6.07) is 5.12. The fourth-order valence-electron chi connectivity index (χ4n) is 5.00. The Morgan fingerprint density at radius 3 is 1.94 bits per heavy atom. The molecule has 0 bridgehead atoms. The zero-order valence-electron chi connectivity index (χ0n) is 19.2. The highest BCUT2D eigenvalue weighted by Gasteiger charge is 2.48. The summed E-state index contributed by atoms with van der Waals surface area (Å²) in [6.07, 6.45) is 1.07. The van der Waals surface area contributed by atoms with Gasteiger partial charge in [0.15, 0.2) is 17.3 Å². The molecule has 3 rings (SSSR count). The van der Waals surface area contributed by atoms with Gasteiger partial charge in [-0.05, 0) is 28.5 Å². The highest BCUT2D eigenvalue weighted by atomic mass is 16.5. The van der Waals surface area contributed by atoms with E-state index in [0.717, 1.165) is 0 Å². The zero-order chi connectivity index (χ0) is 23.1. The van der Waals surface area contributed by atoms with Crippen LogP contribution in [-0.2, 0) is 14.4 Å². The van der Waals surface area contributed by atoms with Crippen LogP contribution in [0.4, 0.5) is 0 Å². The van der Waals surface area contributed by atoms with Crippen molar-refractivity contribution in [2.45, 2.75) is 59.3 Å². The topological polar surface area (TPSA) is 89.9 Å². The van der Waals surface area contributed by atoms with Crippen LogP contribution < -0.4 is 9.47 Å². The molecule has 1 N–H and O–H groups in total. The highest BCUT2D eigenvalue weighted by molar-refractivity contribution is 6.09. The Balaban J connectivity index is 2.20. The Labute approximate surface area is 183 Å². The lowest BCUT2D eigenvalue weighted by Crippen LogP contribution is -2.43. The number of rotatable bonds is 5. The molecule has 168 valence electrons. The first-order valence-electron chi connectivity index (χ1n) is 10.6. The monoisotopic (exact) mass is 428 g/mol. The molecule has 1 atom stereocenters. The van der Waals surface area contributed by atoms with Crippen LogP contribution in [0, 0.1) is 16.7 Å². The number of carbonyl (C=O) groups is 3. The van der Waals surface area contributed by atoms with E-state index in [2.05, 4.69) is 0 Å². The molecule has 6 nitrogen and oxygen atoms in total. The molecule has 0 saturated heterocycles. The van der Waals surface area contributed by atoms with Gasteiger partial charge in [-0.25, -0.2) is 0 Å². The SMILES string of the molecule is COc1ccc([C@@H](C2=C(O)CC(C)(C)CC2=O)C2C(=O)CC(C)(C)CC2=O)cc1OC. The predicted octanol–water partition coefficient (Wildman–Crippen LogP) is 4.56. The van der Waals surface area contributed by atoms with E-state index in [-0.39, 0.29) is 53.4 Å². The smallest absolute Gasteiger partial charge is 0.163 e. The maximum atomic E-state index is 13.2. The molecule has 2 aliphatic carbocycles. The second-order valence-corrected chi connectivity index (χ2v) is 10.3. The molecule has 2 aliphatic rings. The lowest BCUT2D eigenvalue weighted by Gasteiger charge is -2.39. The molecule has 0 unspecified atom stereocenters. The van der Waals surface area contributed by atoms with Crippen LogP contribution >= 0.6 is 0 Å². The highest BCUT2D eigenvalue weighted by Crippen LogP contribution is 2.48. The van der Waals surface area contributed by atoms with E-state index in [1.54, 1.807) is 18.2 Å². The predicted molar refractivity (Wildman–Crippen MR) is 116 cm³/mol. The first kappa shape index (κ1) is 23.0. The summed E-state index contributed by atoms with van der Waals surface area (Å²) >= 11 is 0. The molecular formula is C25H32O6. The molecule has 0 spiro atoms. The lowest BCUT2D eigenvalue weighted by molar-refractivity contribution is -0.140. The van der Waals surface area contributed by atoms with Crippen molar-refractivity contribution in [3.05, 3.63) is 35.1 Å². The molecule has 1 fully saturated rings. The summed E-state index contributed by atoms with van der Waals surface area (Å²) in [5.74, 6) is -1.57. The summed E-state index contributed by atoms with van der Waals surface area (Å²) in [5, 5.41) is 10.9. The number of benzene rings is 1. The number of Topliss-reactive ketones (excluding diaryl/α,β-unsaturated/α-hetero) is 3. The molecular weight excluding hydrogens is 396 g/mol. The van der Waals surface area contributed by atoms with Gasteiger partial charge < -0.3 is 14.6 Å². The van der Waals surface area contributed by atoms with E-state index >= 15 is 0 Å². The molecule has 1 aromatic carbocycles. The van der Waals surface area contributed by atoms with E-state index in [1.807, 2.05) is 27.7 Å². The van der Waals surface area contributed by atoms with Gasteiger partial charge in [0.05, 0.1) is 20.1 Å². The third-order valence-corrected chi connectivity index (χ3v) is 6.31. The van der Waals surface area contributed by atoms with E-state index in [9.17, 15) is 19.5 Å². The maximum Gasteiger partial charge on any atom is 0.163 e. The molecule has 0 aromatic heterocycles. The van der Waals surface area contributed by atoms with Gasteiger partial charge >= 0.3 is 0 Å². The third kappa shape index (κ3) is 4.53. The Morgan fingerprint density at radius 1 is 0.871 bits per heavy atom. The van der Waals surface area contributed by atoms with Gasteiger partial charge in [0.2, 0.25) is 0 Å². The average Bonchev–Trinajstić information content (AvgIpc) is 2.63. The van der Waals surface area contributed by atoms with E-state index in [4.69, 9.17) is 9.47 Å². The number of carbonyl (C=O) groups excluding carboxylic acids is 3. The van der Waals surface area contributed by atoms with Crippen molar-refractivity contribution >= 4 is 17.3 Å². The molecule has 0 aliphatic heterocycles. The average molecular weight is 429 g/mol. The van der Waals surface area contributed by atoms with Crippen molar-refractivity contribution < 1.29 is 29.0 Å². The van der Waals surface area contributed by atoms with Gasteiger partial charge in [-0.2, -0.15) is 0 Å². The normalized spacial score (nSPS) is 22.5. The van der Waals surface area contributed by atoms with Crippen molar-refractivity contribution in [1.82, 2.24) is 0 Å². The zero-order valence-corrected chi connectivity index (χ0v) is 19.2. The number of aliphatic hydroxyl groups is 1. The van der Waals surface area contributed by atoms with Crippen LogP contribution in [0.15, 0.2) is 29.5 Å². The summed E-state index contributed by atoms with van der Waals surface area (Å²) in [5.41, 5.74) is -0.0337. The minimum absolute atomic E-state index is 0.0357. The Morgan fingerprint density at radius 2 is 1.42 bits per heavy atom. The lowest BCUT2D eigenvalue weighted by atomic mass is 9.62. The number of hydrogen-bond donors (Lipinski definition) is 1. The standard InChI is InChI=1S/C25H32O6/c1-24(2)10-15(26)22(16(27)11-24)21(14-7-8-19(30-5)20(9-14)31-6)23-17(28)12-25(3,4)13-18(23)29/h7-9,21-22,28H,10-13H2,1-6H3/t21-/m1/s1. The van der Waals surface area contributed by atoms with Crippen LogP contribution in [0.25, 0.3) is 0 Å². The summed E-state index contributed by atoms with van der Waals surface area (Å²) in [4.78, 5) is 39.6. The molecule has 0 heterocycles. The molecule has 0 radical (unpaired) electrons. The minimum Gasteiger partial charge on any atom is -0.512 e. The molecule has 0 amide bonds. The molecule has 31 heavy (non-hydrogen) atoms. The van der Waals surface area contributed by atoms with Crippen LogP contribution in [0.5, 0.6) is 11.5 Å². The van der Waals surface area contributed by atoms with Crippen LogP contribution in [0.2, 0.25) is 0 Å². The quantitative estimate of drug-likeness (QED) is 0.692. The van der Waals surface area contributed by atoms with Crippen molar-refractivity contribution in [3.63, 3.8) is 0 Å². The summed E-state index contributed by atoms with van der Waals surface area (Å²) < 4.78 is 10.7. The van der Waals surface area contributed by atoms with Crippen molar-refractivity contribution in [3.8, 4) is 11.5 Å². The second-order valence-electron chi connectivity index (χ2n) is 10.3. The number of ether oxygens (including phenoxy) is 2. The van der Waals surface area contributed by atoms with E-state index < -0.39 is 17.3 Å². The van der Waals surface area contributed by atoms with Gasteiger partial charge in [0.25, 0.3) is 0 Å². The number of ketones is 3. The minimum atomic E-state index is -1.01. The molecule has 6 heteroatoms. The maximum absolute atomic E-state index is 13.2. The van der Waals surface area contributed by atoms with Gasteiger partial charge in [-0.1, -0.05) is 33.8 Å². The van der Waals surface area contributed by atoms with Gasteiger partial charge in [0.1, 0.15) is 17.3 Å². The largest absolute Gasteiger partial charge is 0.512 e. The fraction of sp³-hybridized carbons (Fsp3) is 0.560. The summed E-state index contributed by atoms with van der Waals surface area (Å²) in [6.45, 7) is 7.64. The van der Waals surface area contributed by atoms with Gasteiger partial charge in [0, 0.05) is 37.2 Å². The van der Waals surface area contributed by atoms with Crippen molar-refractivity contribution in [2.24, 2.45) is 16.7 Å². The van der Waals surface area contributed by atoms with Crippen molar-refractivity contribution in [1.29, 1.82) is 0 Å². The molecule has 1 saturated carbocycles. The first-order chi connectivity index (χ1) is 14.4. The number of aliphatic hydroxyl groups excluding tert-OH is 1. The Hall–Kier alpha value is -2.63. The Kier molecular flexibility index (Phi) is 6.05. The van der Waals surface area contributed by atoms with Crippen LogP contribution in [-0.4, -0.2) is 36.7 Å². The molecule has 1 aromatic rings. The van der Waals surface area contributed by atoms with E-state index in [1.165, 1.54) is 14.2 Å². The second kappa shape index (κ2) is 8.13. The van der Waals surface area contributed by atoms with Gasteiger partial charge in [-0.3, -0.25) is 14.4 Å². The fourth-order valence-corrected chi connectivity index (χ4v) is 5.00. The first-order valence-corrected chi connectivity index (χ1v) is 10.6. The number of allylic oxidation sites excluding steroid dienone is 2. The third-order valence-electron chi connectivity index (χ3n) is 6.31. The summed E-state index contributed by atoms with van der Waals surface area (Å²) in [7, 11) is 3.02. The van der Waals surface area contributed by atoms with Crippen LogP contribution in [0.3, 0.4) is 0 Å². The van der Waals surface area contributed by atoms with Gasteiger partial charge in [-0.15, -0.1) is 0 Å². The number of methoxy groups -OCH3 is 2. The number of hydrogen-bond acceptors (Lipinski definition) is 6. The van der Waals surface area contributed by atoms with Crippen molar-refractivity contribution in [2.75, 3.05) is 14.2 Å². The van der Waals surface area contributed by atoms with Crippen LogP contribution in [0.1, 0.15) is 64.9 Å².